The summed E-state index contributed by atoms with van der Waals surface area (Å²) in [6.45, 7) is 2.09. The Kier molecular flexibility index (Phi) is 14.7. The van der Waals surface area contributed by atoms with Gasteiger partial charge < -0.3 is 9.63 Å². The summed E-state index contributed by atoms with van der Waals surface area (Å²) < 4.78 is 25.1. The Labute approximate surface area is 198 Å². The van der Waals surface area contributed by atoms with Crippen LogP contribution in [0.25, 0.3) is 0 Å². The number of carbonyl (C=O) groups is 1. The van der Waals surface area contributed by atoms with Crippen molar-refractivity contribution in [3.63, 3.8) is 0 Å². The first-order chi connectivity index (χ1) is 13.5. The van der Waals surface area contributed by atoms with Crippen LogP contribution in [0.15, 0.2) is 0 Å². The van der Waals surface area contributed by atoms with Gasteiger partial charge in [0.1, 0.15) is 6.61 Å². The van der Waals surface area contributed by atoms with Crippen LogP contribution in [0.4, 0.5) is 0 Å². The maximum Gasteiger partial charge on any atom is 1.00 e. The van der Waals surface area contributed by atoms with E-state index in [1.54, 1.807) is 0 Å². The second-order valence-corrected chi connectivity index (χ2v) is 9.81. The van der Waals surface area contributed by atoms with Crippen LogP contribution >= 0.6 is 7.82 Å². The Bertz CT molecular complexity index is 504. The number of esters is 1. The average molecular weight is 442 g/mol. The van der Waals surface area contributed by atoms with Gasteiger partial charge in [0.2, 0.25) is 6.29 Å². The van der Waals surface area contributed by atoms with E-state index in [2.05, 4.69) is 16.0 Å². The fourth-order valence-corrected chi connectivity index (χ4v) is 4.81. The van der Waals surface area contributed by atoms with Gasteiger partial charge >= 0.3 is 43.3 Å². The smallest absolute Gasteiger partial charge is 0.433 e. The number of rotatable bonds is 16. The van der Waals surface area contributed by atoms with Gasteiger partial charge in [-0.25, -0.2) is 9.09 Å². The molecule has 8 heteroatoms. The third-order valence-electron chi connectivity index (χ3n) is 5.84. The minimum absolute atomic E-state index is 0. The second kappa shape index (κ2) is 15.4. The molecule has 1 N–H and O–H groups in total. The van der Waals surface area contributed by atoms with Gasteiger partial charge in [-0.15, -0.1) is 0 Å². The van der Waals surface area contributed by atoms with E-state index >= 15 is 0 Å². The molecular weight excluding hydrogens is 402 g/mol. The van der Waals surface area contributed by atoms with E-state index in [1.807, 2.05) is 0 Å². The summed E-state index contributed by atoms with van der Waals surface area (Å²) in [5.41, 5.74) is 0. The fourth-order valence-electron chi connectivity index (χ4n) is 4.04. The Hall–Kier alpha value is 0.580. The summed E-state index contributed by atoms with van der Waals surface area (Å²) >= 11 is 0. The van der Waals surface area contributed by atoms with Gasteiger partial charge in [-0.1, -0.05) is 84.0 Å². The molecule has 1 saturated carbocycles. The number of phosphoric ester groups is 1. The molecule has 0 spiro atoms. The van der Waals surface area contributed by atoms with Gasteiger partial charge in [-0.2, -0.15) is 0 Å². The quantitative estimate of drug-likeness (QED) is 0.172. The summed E-state index contributed by atoms with van der Waals surface area (Å²) in [5, 5.41) is 0. The molecule has 29 heavy (non-hydrogen) atoms. The van der Waals surface area contributed by atoms with Crippen LogP contribution in [-0.2, 0) is 23.1 Å². The van der Waals surface area contributed by atoms with Gasteiger partial charge in [0.25, 0.3) is 0 Å². The van der Waals surface area contributed by atoms with Crippen molar-refractivity contribution >= 4 is 13.8 Å². The van der Waals surface area contributed by atoms with Crippen LogP contribution < -0.4 is 29.6 Å². The van der Waals surface area contributed by atoms with Gasteiger partial charge in [-0.3, -0.25) is 9.32 Å². The standard InChI is InChI=1S/C21H39O6P.Na/c1-2-3-4-10-13-18-16-19(18)14-11-8-6-5-7-9-12-15-20(22)26-21-17-25-28(23,24)27-21;/h18-19,21H,2-17H2,1H3,(H,23,24);/q;+1. The number of ether oxygens (including phenoxy) is 1. The van der Waals surface area contributed by atoms with Crippen molar-refractivity contribution in [1.29, 1.82) is 0 Å². The van der Waals surface area contributed by atoms with Gasteiger partial charge in [-0.05, 0) is 24.7 Å². The van der Waals surface area contributed by atoms with E-state index in [0.717, 1.165) is 31.1 Å². The number of phosphoric acid groups is 1. The first-order valence-electron chi connectivity index (χ1n) is 11.4. The maximum absolute atomic E-state index is 11.6. The number of unbranched alkanes of at least 4 members (excludes halogenated alkanes) is 9. The Morgan fingerprint density at radius 2 is 1.52 bits per heavy atom. The fraction of sp³-hybridized carbons (Fsp3) is 0.952. The molecule has 0 aromatic carbocycles. The van der Waals surface area contributed by atoms with E-state index in [4.69, 9.17) is 9.63 Å². The molecule has 0 aromatic rings. The molecule has 4 atom stereocenters. The predicted octanol–water partition coefficient (Wildman–Crippen LogP) is 3.12. The van der Waals surface area contributed by atoms with Crippen molar-refractivity contribution < 1.29 is 57.6 Å². The SMILES string of the molecule is CCCCCCC1CC1CCCCCCCCCC(=O)OC1COP(=O)(O)O1.[Na+]. The predicted molar refractivity (Wildman–Crippen MR) is 109 cm³/mol. The van der Waals surface area contributed by atoms with E-state index < -0.39 is 20.1 Å². The maximum atomic E-state index is 11.6. The zero-order chi connectivity index (χ0) is 20.2. The zero-order valence-corrected chi connectivity index (χ0v) is 21.4. The van der Waals surface area contributed by atoms with Crippen LogP contribution in [0, 0.1) is 11.8 Å². The van der Waals surface area contributed by atoms with E-state index in [1.165, 1.54) is 70.6 Å². The van der Waals surface area contributed by atoms with E-state index in [0.29, 0.717) is 6.42 Å². The number of carbonyl (C=O) groups excluding carboxylic acids is 1. The molecule has 1 aliphatic carbocycles. The molecule has 6 nitrogen and oxygen atoms in total. The average Bonchev–Trinajstić information content (AvgIpc) is 3.31. The zero-order valence-electron chi connectivity index (χ0n) is 18.5. The summed E-state index contributed by atoms with van der Waals surface area (Å²) in [6.07, 6.45) is 17.4. The number of hydrogen-bond acceptors (Lipinski definition) is 5. The van der Waals surface area contributed by atoms with Gasteiger partial charge in [0, 0.05) is 6.42 Å². The molecule has 2 fully saturated rings. The number of hydrogen-bond donors (Lipinski definition) is 1. The monoisotopic (exact) mass is 441 g/mol. The molecule has 0 radical (unpaired) electrons. The molecule has 4 unspecified atom stereocenters. The normalized spacial score (nSPS) is 28.1. The summed E-state index contributed by atoms with van der Waals surface area (Å²) in [5.74, 6) is 1.67. The Morgan fingerprint density at radius 3 is 2.07 bits per heavy atom. The molecule has 2 aliphatic rings. The molecule has 0 amide bonds. The molecular formula is C21H39NaO6P+. The van der Waals surface area contributed by atoms with Crippen molar-refractivity contribution in [2.45, 2.75) is 110 Å². The van der Waals surface area contributed by atoms with E-state index in [-0.39, 0.29) is 36.2 Å². The van der Waals surface area contributed by atoms with Crippen LogP contribution in [0.3, 0.4) is 0 Å². The summed E-state index contributed by atoms with van der Waals surface area (Å²) in [7, 11) is -4.00. The van der Waals surface area contributed by atoms with Crippen LogP contribution in [0.2, 0.25) is 0 Å². The third-order valence-corrected chi connectivity index (χ3v) is 6.82. The van der Waals surface area contributed by atoms with Crippen LogP contribution in [0.1, 0.15) is 103 Å². The largest absolute Gasteiger partial charge is 1.00 e. The second-order valence-electron chi connectivity index (χ2n) is 8.41. The van der Waals surface area contributed by atoms with Crippen molar-refractivity contribution in [3.8, 4) is 0 Å². The van der Waals surface area contributed by atoms with Gasteiger partial charge in [0.15, 0.2) is 0 Å². The molecule has 1 heterocycles. The van der Waals surface area contributed by atoms with Crippen molar-refractivity contribution in [2.75, 3.05) is 6.61 Å². The van der Waals surface area contributed by atoms with E-state index in [9.17, 15) is 9.36 Å². The Balaban J connectivity index is 0.00000420. The molecule has 1 saturated heterocycles. The minimum atomic E-state index is -4.00. The first kappa shape index (κ1) is 27.6. The summed E-state index contributed by atoms with van der Waals surface area (Å²) in [4.78, 5) is 20.7. The molecule has 164 valence electrons. The summed E-state index contributed by atoms with van der Waals surface area (Å²) in [6, 6.07) is 0. The van der Waals surface area contributed by atoms with Crippen molar-refractivity contribution in [3.05, 3.63) is 0 Å². The minimum Gasteiger partial charge on any atom is -0.433 e. The Morgan fingerprint density at radius 1 is 0.966 bits per heavy atom. The van der Waals surface area contributed by atoms with Crippen molar-refractivity contribution in [1.82, 2.24) is 0 Å². The molecule has 2 rings (SSSR count). The van der Waals surface area contributed by atoms with Crippen LogP contribution in [0.5, 0.6) is 0 Å². The topological polar surface area (TPSA) is 82.1 Å². The first-order valence-corrected chi connectivity index (χ1v) is 12.8. The molecule has 1 aliphatic heterocycles. The van der Waals surface area contributed by atoms with Crippen LogP contribution in [-0.4, -0.2) is 23.8 Å². The van der Waals surface area contributed by atoms with Gasteiger partial charge in [0.05, 0.1) is 0 Å². The molecule has 0 aromatic heterocycles. The molecule has 0 bridgehead atoms. The third kappa shape index (κ3) is 12.9. The van der Waals surface area contributed by atoms with Crippen molar-refractivity contribution in [2.24, 2.45) is 11.8 Å².